The molecule has 0 saturated heterocycles. The Morgan fingerprint density at radius 1 is 1.06 bits per heavy atom. The number of nitrogens with zero attached hydrogens (tertiary/aromatic N) is 3. The maximum atomic E-state index is 14.0. The van der Waals surface area contributed by atoms with Crippen LogP contribution in [0.2, 0.25) is 5.02 Å². The van der Waals surface area contributed by atoms with E-state index in [1.807, 2.05) is 50.2 Å². The summed E-state index contributed by atoms with van der Waals surface area (Å²) in [6.45, 7) is 6.69. The van der Waals surface area contributed by atoms with Crippen molar-refractivity contribution in [3.63, 3.8) is 0 Å². The Hall–Kier alpha value is -3.47. The monoisotopic (exact) mass is 736 g/mol. The first-order valence-electron chi connectivity index (χ1n) is 16.0. The second-order valence-corrected chi connectivity index (χ2v) is 14.0. The van der Waals surface area contributed by atoms with Crippen molar-refractivity contribution in [1.29, 1.82) is 0 Å². The van der Waals surface area contributed by atoms with Gasteiger partial charge in [-0.3, -0.25) is 0 Å². The zero-order valence-electron chi connectivity index (χ0n) is 26.7. The van der Waals surface area contributed by atoms with Crippen LogP contribution < -0.4 is 14.8 Å². The van der Waals surface area contributed by atoms with Crippen molar-refractivity contribution >= 4 is 51.2 Å². The van der Waals surface area contributed by atoms with E-state index in [-0.39, 0.29) is 12.1 Å². The fraction of sp³-hybridized carbons (Fsp3) is 0.361. The molecular formula is C36H38BrClN4O4S. The summed E-state index contributed by atoms with van der Waals surface area (Å²) in [5.41, 5.74) is 5.18. The molecule has 3 aromatic carbocycles. The number of halogens is 2. The minimum absolute atomic E-state index is 0.0978. The first-order chi connectivity index (χ1) is 22.8. The summed E-state index contributed by atoms with van der Waals surface area (Å²) in [6.07, 6.45) is 4.95. The van der Waals surface area contributed by atoms with Crippen LogP contribution in [0.4, 0.5) is 5.95 Å². The number of carbonyl (C=O) groups is 1. The first kappa shape index (κ1) is 33.4. The molecule has 1 N–H and O–H groups in total. The topological polar surface area (TPSA) is 87.5 Å². The Balaban J connectivity index is 1.36. The van der Waals surface area contributed by atoms with Gasteiger partial charge in [-0.15, -0.1) is 5.10 Å². The van der Waals surface area contributed by atoms with E-state index >= 15 is 0 Å². The van der Waals surface area contributed by atoms with E-state index in [1.54, 1.807) is 4.68 Å². The first-order valence-corrected chi connectivity index (χ1v) is 18.1. The molecule has 4 aromatic rings. The zero-order valence-corrected chi connectivity index (χ0v) is 29.9. The SMILES string of the molecule is CCOc1cc(C2C(C(=O)OC3CCCCC3)=C(C)Nc3nc(SCc4ccccc4Cl)nn32)cc(Br)c1OCc1ccc(C)cc1. The lowest BCUT2D eigenvalue weighted by molar-refractivity contribution is -0.146. The molecule has 1 aromatic heterocycles. The van der Waals surface area contributed by atoms with E-state index in [0.29, 0.717) is 62.3 Å². The Morgan fingerprint density at radius 3 is 2.57 bits per heavy atom. The van der Waals surface area contributed by atoms with Gasteiger partial charge in [0.2, 0.25) is 11.1 Å². The molecule has 11 heteroatoms. The van der Waals surface area contributed by atoms with E-state index in [0.717, 1.165) is 42.4 Å². The summed E-state index contributed by atoms with van der Waals surface area (Å²) < 4.78 is 21.0. The fourth-order valence-corrected chi connectivity index (χ4v) is 7.60. The minimum Gasteiger partial charge on any atom is -0.490 e. The van der Waals surface area contributed by atoms with Crippen LogP contribution >= 0.6 is 39.3 Å². The molecule has 6 rings (SSSR count). The summed E-state index contributed by atoms with van der Waals surface area (Å²) in [7, 11) is 0. The molecule has 2 aliphatic rings. The van der Waals surface area contributed by atoms with Crippen molar-refractivity contribution in [3.8, 4) is 11.5 Å². The average molecular weight is 738 g/mol. The Morgan fingerprint density at radius 2 is 1.83 bits per heavy atom. The van der Waals surface area contributed by atoms with Crippen LogP contribution in [0.5, 0.6) is 11.5 Å². The second-order valence-electron chi connectivity index (χ2n) is 11.8. The maximum absolute atomic E-state index is 14.0. The molecule has 246 valence electrons. The van der Waals surface area contributed by atoms with Gasteiger partial charge in [0.15, 0.2) is 11.5 Å². The van der Waals surface area contributed by atoms with Gasteiger partial charge < -0.3 is 19.5 Å². The van der Waals surface area contributed by atoms with Crippen molar-refractivity contribution in [2.75, 3.05) is 11.9 Å². The van der Waals surface area contributed by atoms with Crippen LogP contribution in [0, 0.1) is 6.92 Å². The van der Waals surface area contributed by atoms with Crippen LogP contribution in [0.25, 0.3) is 0 Å². The number of nitrogens with one attached hydrogen (secondary N) is 1. The van der Waals surface area contributed by atoms with Crippen molar-refractivity contribution in [2.24, 2.45) is 0 Å². The van der Waals surface area contributed by atoms with E-state index in [2.05, 4.69) is 52.4 Å². The molecule has 1 saturated carbocycles. The number of hydrogen-bond donors (Lipinski definition) is 1. The van der Waals surface area contributed by atoms with Crippen molar-refractivity contribution in [2.45, 2.75) is 82.5 Å². The predicted octanol–water partition coefficient (Wildman–Crippen LogP) is 9.44. The van der Waals surface area contributed by atoms with E-state index in [1.165, 1.54) is 23.7 Å². The smallest absolute Gasteiger partial charge is 0.338 e. The Labute approximate surface area is 293 Å². The third-order valence-electron chi connectivity index (χ3n) is 8.34. The normalized spacial score (nSPS) is 16.4. The number of fused-ring (bicyclic) bond motifs is 1. The molecule has 8 nitrogen and oxygen atoms in total. The molecule has 1 unspecified atom stereocenters. The van der Waals surface area contributed by atoms with Crippen molar-refractivity contribution < 1.29 is 19.0 Å². The number of carbonyl (C=O) groups excluding carboxylic acids is 1. The maximum Gasteiger partial charge on any atom is 0.338 e. The van der Waals surface area contributed by atoms with Crippen LogP contribution in [0.1, 0.15) is 74.2 Å². The zero-order chi connectivity index (χ0) is 32.9. The minimum atomic E-state index is -0.619. The molecule has 0 radical (unpaired) electrons. The third kappa shape index (κ3) is 7.82. The van der Waals surface area contributed by atoms with Gasteiger partial charge in [0.05, 0.1) is 16.7 Å². The largest absolute Gasteiger partial charge is 0.490 e. The van der Waals surface area contributed by atoms with Gasteiger partial charge in [0, 0.05) is 16.5 Å². The number of aromatic nitrogens is 3. The molecule has 1 aliphatic heterocycles. The fourth-order valence-electron chi connectivity index (χ4n) is 5.91. The number of anilines is 1. The van der Waals surface area contributed by atoms with Gasteiger partial charge in [-0.05, 0) is 97.3 Å². The highest BCUT2D eigenvalue weighted by Gasteiger charge is 2.37. The Bertz CT molecular complexity index is 1770. The summed E-state index contributed by atoms with van der Waals surface area (Å²) in [5.74, 6) is 1.94. The number of thioether (sulfide) groups is 1. The second kappa shape index (κ2) is 15.2. The van der Waals surface area contributed by atoms with Gasteiger partial charge in [-0.1, -0.05) is 77.8 Å². The third-order valence-corrected chi connectivity index (χ3v) is 10.2. The predicted molar refractivity (Wildman–Crippen MR) is 189 cm³/mol. The highest BCUT2D eigenvalue weighted by atomic mass is 79.9. The number of benzene rings is 3. The van der Waals surface area contributed by atoms with Gasteiger partial charge in [0.25, 0.3) is 0 Å². The molecule has 47 heavy (non-hydrogen) atoms. The number of rotatable bonds is 11. The number of aryl methyl sites for hydroxylation is 1. The van der Waals surface area contributed by atoms with Gasteiger partial charge in [0.1, 0.15) is 18.8 Å². The lowest BCUT2D eigenvalue weighted by atomic mass is 9.94. The average Bonchev–Trinajstić information content (AvgIpc) is 3.47. The molecule has 1 fully saturated rings. The molecular weight excluding hydrogens is 700 g/mol. The van der Waals surface area contributed by atoms with Crippen LogP contribution in [-0.2, 0) is 21.9 Å². The molecule has 0 bridgehead atoms. The van der Waals surface area contributed by atoms with Crippen LogP contribution in [0.3, 0.4) is 0 Å². The van der Waals surface area contributed by atoms with Crippen LogP contribution in [-0.4, -0.2) is 33.4 Å². The summed E-state index contributed by atoms with van der Waals surface area (Å²) in [6, 6.07) is 19.3. The van der Waals surface area contributed by atoms with Gasteiger partial charge in [-0.2, -0.15) is 4.98 Å². The van der Waals surface area contributed by atoms with E-state index in [9.17, 15) is 4.79 Å². The molecule has 0 spiro atoms. The van der Waals surface area contributed by atoms with Crippen molar-refractivity contribution in [3.05, 3.63) is 104 Å². The molecule has 1 aliphatic carbocycles. The number of hydrogen-bond acceptors (Lipinski definition) is 8. The summed E-state index contributed by atoms with van der Waals surface area (Å²) in [5, 5.41) is 9.50. The highest BCUT2D eigenvalue weighted by molar-refractivity contribution is 9.10. The molecule has 2 heterocycles. The van der Waals surface area contributed by atoms with E-state index < -0.39 is 6.04 Å². The van der Waals surface area contributed by atoms with Crippen LogP contribution in [0.15, 0.2) is 81.6 Å². The lowest BCUT2D eigenvalue weighted by Gasteiger charge is -2.30. The standard InChI is InChI=1S/C36H38BrClN4O4S/c1-4-44-30-19-26(18-28(37)33(30)45-20-24-16-14-22(2)15-17-24)32-31(34(43)46-27-11-6-5-7-12-27)23(3)39-35-40-36(41-42(32)35)47-21-25-10-8-9-13-29(25)38/h8-10,13-19,27,32H,4-7,11-12,20-21H2,1-3H3,(H,39,40,41). The number of ether oxygens (including phenoxy) is 3. The van der Waals surface area contributed by atoms with E-state index in [4.69, 9.17) is 35.9 Å². The quantitative estimate of drug-likeness (QED) is 0.120. The summed E-state index contributed by atoms with van der Waals surface area (Å²) in [4.78, 5) is 18.8. The lowest BCUT2D eigenvalue weighted by Crippen LogP contribution is -2.32. The Kier molecular flexibility index (Phi) is 10.8. The summed E-state index contributed by atoms with van der Waals surface area (Å²) >= 11 is 11.7. The molecule has 1 atom stereocenters. The highest BCUT2D eigenvalue weighted by Crippen LogP contribution is 2.44. The number of esters is 1. The van der Waals surface area contributed by atoms with Gasteiger partial charge in [-0.25, -0.2) is 9.48 Å². The van der Waals surface area contributed by atoms with Gasteiger partial charge >= 0.3 is 5.97 Å². The molecule has 0 amide bonds. The number of allylic oxidation sites excluding steroid dienone is 1. The van der Waals surface area contributed by atoms with Crippen molar-refractivity contribution in [1.82, 2.24) is 14.8 Å².